The molecule has 0 saturated carbocycles. The number of hydrogen-bond donors (Lipinski definition) is 1. The van der Waals surface area contributed by atoms with E-state index in [9.17, 15) is 8.42 Å². The fourth-order valence-electron chi connectivity index (χ4n) is 2.97. The van der Waals surface area contributed by atoms with E-state index < -0.39 is 9.84 Å². The van der Waals surface area contributed by atoms with Crippen molar-refractivity contribution in [3.05, 3.63) is 29.3 Å². The Morgan fingerprint density at radius 1 is 1.28 bits per heavy atom. The predicted molar refractivity (Wildman–Crippen MR) is 72.0 cm³/mol. The average Bonchev–Trinajstić information content (AvgIpc) is 2.69. The number of nitrogens with zero attached hydrogens (tertiary/aromatic N) is 1. The SMILES string of the molecule is Nc1ccc2c(c1)CN(C1CCS(=O)(=O)C1)CC2. The van der Waals surface area contributed by atoms with Gasteiger partial charge in [0.1, 0.15) is 0 Å². The molecule has 1 unspecified atom stereocenters. The maximum atomic E-state index is 11.5. The summed E-state index contributed by atoms with van der Waals surface area (Å²) >= 11 is 0. The van der Waals surface area contributed by atoms with Crippen LogP contribution in [0.5, 0.6) is 0 Å². The second-order valence-electron chi connectivity index (χ2n) is 5.31. The summed E-state index contributed by atoms with van der Waals surface area (Å²) in [6.45, 7) is 1.79. The number of benzene rings is 1. The van der Waals surface area contributed by atoms with Crippen LogP contribution in [0.4, 0.5) is 5.69 Å². The molecule has 3 rings (SSSR count). The summed E-state index contributed by atoms with van der Waals surface area (Å²) in [6.07, 6.45) is 1.77. The Balaban J connectivity index is 1.79. The first-order valence-electron chi connectivity index (χ1n) is 6.35. The Kier molecular flexibility index (Phi) is 2.83. The normalized spacial score (nSPS) is 27.0. The fourth-order valence-corrected chi connectivity index (χ4v) is 4.74. The molecule has 4 nitrogen and oxygen atoms in total. The smallest absolute Gasteiger partial charge is 0.151 e. The molecule has 5 heteroatoms. The van der Waals surface area contributed by atoms with Crippen LogP contribution in [0.25, 0.3) is 0 Å². The summed E-state index contributed by atoms with van der Waals surface area (Å²) in [5.74, 6) is 0.669. The highest BCUT2D eigenvalue weighted by Gasteiger charge is 2.33. The first kappa shape index (κ1) is 12.0. The van der Waals surface area contributed by atoms with E-state index in [1.165, 1.54) is 11.1 Å². The van der Waals surface area contributed by atoms with Crippen molar-refractivity contribution in [2.24, 2.45) is 0 Å². The topological polar surface area (TPSA) is 63.4 Å². The Morgan fingerprint density at radius 2 is 2.11 bits per heavy atom. The highest BCUT2D eigenvalue weighted by Crippen LogP contribution is 2.26. The summed E-state index contributed by atoms with van der Waals surface area (Å²) in [4.78, 5) is 2.30. The number of anilines is 1. The quantitative estimate of drug-likeness (QED) is 0.764. The lowest BCUT2D eigenvalue weighted by Gasteiger charge is -2.33. The number of rotatable bonds is 1. The summed E-state index contributed by atoms with van der Waals surface area (Å²) in [5, 5.41) is 0. The second-order valence-corrected chi connectivity index (χ2v) is 7.53. The number of hydrogen-bond acceptors (Lipinski definition) is 4. The molecule has 1 aromatic carbocycles. The van der Waals surface area contributed by atoms with Gasteiger partial charge in [0.05, 0.1) is 11.5 Å². The zero-order chi connectivity index (χ0) is 12.8. The van der Waals surface area contributed by atoms with Crippen molar-refractivity contribution < 1.29 is 8.42 Å². The van der Waals surface area contributed by atoms with Crippen LogP contribution in [-0.4, -0.2) is 37.4 Å². The van der Waals surface area contributed by atoms with Crippen molar-refractivity contribution in [2.45, 2.75) is 25.4 Å². The molecule has 1 atom stereocenters. The maximum Gasteiger partial charge on any atom is 0.151 e. The summed E-state index contributed by atoms with van der Waals surface area (Å²) in [5.41, 5.74) is 9.20. The minimum absolute atomic E-state index is 0.199. The van der Waals surface area contributed by atoms with E-state index in [1.807, 2.05) is 12.1 Å². The van der Waals surface area contributed by atoms with Gasteiger partial charge in [0, 0.05) is 24.8 Å². The molecule has 1 aromatic rings. The zero-order valence-corrected chi connectivity index (χ0v) is 11.1. The van der Waals surface area contributed by atoms with Crippen molar-refractivity contribution in [2.75, 3.05) is 23.8 Å². The molecular weight excluding hydrogens is 248 g/mol. The summed E-state index contributed by atoms with van der Waals surface area (Å²) < 4.78 is 23.1. The van der Waals surface area contributed by atoms with Gasteiger partial charge in [0.15, 0.2) is 9.84 Å². The fraction of sp³-hybridized carbons (Fsp3) is 0.538. The van der Waals surface area contributed by atoms with Crippen molar-refractivity contribution in [1.29, 1.82) is 0 Å². The molecule has 18 heavy (non-hydrogen) atoms. The monoisotopic (exact) mass is 266 g/mol. The average molecular weight is 266 g/mol. The van der Waals surface area contributed by atoms with Crippen molar-refractivity contribution >= 4 is 15.5 Å². The van der Waals surface area contributed by atoms with Gasteiger partial charge < -0.3 is 5.73 Å². The van der Waals surface area contributed by atoms with Crippen molar-refractivity contribution in [3.8, 4) is 0 Å². The first-order valence-corrected chi connectivity index (χ1v) is 8.17. The highest BCUT2D eigenvalue weighted by atomic mass is 32.2. The molecule has 98 valence electrons. The van der Waals surface area contributed by atoms with Gasteiger partial charge in [0.2, 0.25) is 0 Å². The largest absolute Gasteiger partial charge is 0.399 e. The standard InChI is InChI=1S/C13H18N2O2S/c14-12-2-1-10-3-5-15(8-11(10)7-12)13-4-6-18(16,17)9-13/h1-2,7,13H,3-6,8-9,14H2. The third-order valence-electron chi connectivity index (χ3n) is 4.00. The van der Waals surface area contributed by atoms with Crippen LogP contribution in [0.2, 0.25) is 0 Å². The summed E-state index contributed by atoms with van der Waals surface area (Å²) in [6, 6.07) is 6.25. The van der Waals surface area contributed by atoms with Crippen LogP contribution in [0.1, 0.15) is 17.5 Å². The van der Waals surface area contributed by atoms with Gasteiger partial charge in [-0.05, 0) is 36.1 Å². The molecule has 2 aliphatic heterocycles. The Labute approximate surface area is 108 Å². The van der Waals surface area contributed by atoms with Crippen LogP contribution in [0.3, 0.4) is 0 Å². The Hall–Kier alpha value is -1.07. The molecule has 0 aromatic heterocycles. The minimum atomic E-state index is -2.80. The molecular formula is C13H18N2O2S. The van der Waals surface area contributed by atoms with Crippen molar-refractivity contribution in [3.63, 3.8) is 0 Å². The predicted octanol–water partition coefficient (Wildman–Crippen LogP) is 0.814. The lowest BCUT2D eigenvalue weighted by Crippen LogP contribution is -2.39. The molecule has 0 amide bonds. The molecule has 0 aliphatic carbocycles. The molecule has 1 saturated heterocycles. The second kappa shape index (κ2) is 4.24. The van der Waals surface area contributed by atoms with Gasteiger partial charge in [-0.1, -0.05) is 6.07 Å². The minimum Gasteiger partial charge on any atom is -0.399 e. The van der Waals surface area contributed by atoms with Crippen LogP contribution in [0, 0.1) is 0 Å². The van der Waals surface area contributed by atoms with E-state index in [-0.39, 0.29) is 6.04 Å². The Bertz CT molecular complexity index is 568. The molecule has 0 spiro atoms. The van der Waals surface area contributed by atoms with Gasteiger partial charge in [-0.15, -0.1) is 0 Å². The molecule has 1 fully saturated rings. The van der Waals surface area contributed by atoms with E-state index in [0.717, 1.165) is 31.6 Å². The van der Waals surface area contributed by atoms with Crippen LogP contribution in [-0.2, 0) is 22.8 Å². The molecule has 2 N–H and O–H groups in total. The van der Waals surface area contributed by atoms with Gasteiger partial charge in [-0.3, -0.25) is 4.90 Å². The van der Waals surface area contributed by atoms with Crippen LogP contribution in [0.15, 0.2) is 18.2 Å². The van der Waals surface area contributed by atoms with E-state index in [2.05, 4.69) is 11.0 Å². The van der Waals surface area contributed by atoms with E-state index >= 15 is 0 Å². The zero-order valence-electron chi connectivity index (χ0n) is 10.3. The van der Waals surface area contributed by atoms with E-state index in [0.29, 0.717) is 11.5 Å². The molecule has 2 heterocycles. The van der Waals surface area contributed by atoms with E-state index in [4.69, 9.17) is 5.73 Å². The van der Waals surface area contributed by atoms with Gasteiger partial charge in [0.25, 0.3) is 0 Å². The Morgan fingerprint density at radius 3 is 2.83 bits per heavy atom. The highest BCUT2D eigenvalue weighted by molar-refractivity contribution is 7.91. The maximum absolute atomic E-state index is 11.5. The van der Waals surface area contributed by atoms with Crippen LogP contribution < -0.4 is 5.73 Å². The number of nitrogens with two attached hydrogens (primary N) is 1. The number of fused-ring (bicyclic) bond motifs is 1. The van der Waals surface area contributed by atoms with Gasteiger partial charge in [-0.25, -0.2) is 8.42 Å². The number of sulfone groups is 1. The lowest BCUT2D eigenvalue weighted by molar-refractivity contribution is 0.194. The third-order valence-corrected chi connectivity index (χ3v) is 5.75. The molecule has 2 aliphatic rings. The lowest BCUT2D eigenvalue weighted by atomic mass is 9.98. The van der Waals surface area contributed by atoms with Gasteiger partial charge >= 0.3 is 0 Å². The first-order chi connectivity index (χ1) is 8.53. The van der Waals surface area contributed by atoms with Crippen LogP contribution >= 0.6 is 0 Å². The number of nitrogen functional groups attached to an aromatic ring is 1. The van der Waals surface area contributed by atoms with Gasteiger partial charge in [-0.2, -0.15) is 0 Å². The molecule has 0 radical (unpaired) electrons. The summed E-state index contributed by atoms with van der Waals surface area (Å²) in [7, 11) is -2.80. The molecule has 0 bridgehead atoms. The third kappa shape index (κ3) is 2.24. The van der Waals surface area contributed by atoms with E-state index in [1.54, 1.807) is 0 Å². The van der Waals surface area contributed by atoms with Crippen molar-refractivity contribution in [1.82, 2.24) is 4.90 Å².